The molecule has 0 unspecified atom stereocenters. The highest BCUT2D eigenvalue weighted by atomic mass is 35.5. The normalized spacial score (nSPS) is 15.8. The Morgan fingerprint density at radius 2 is 1.44 bits per heavy atom. The van der Waals surface area contributed by atoms with E-state index in [-0.39, 0.29) is 41.6 Å². The van der Waals surface area contributed by atoms with Gasteiger partial charge in [-0.15, -0.1) is 0 Å². The maximum absolute atomic E-state index is 14.0. The number of rotatable bonds is 13. The molecule has 0 radical (unpaired) electrons. The van der Waals surface area contributed by atoms with E-state index in [1.807, 2.05) is 53.8 Å². The number of primary amides is 1. The Labute approximate surface area is 375 Å². The zero-order valence-corrected chi connectivity index (χ0v) is 36.8. The lowest BCUT2D eigenvalue weighted by atomic mass is 9.84. The number of nitrogens with one attached hydrogen (secondary N) is 4. The number of aromatic nitrogens is 5. The summed E-state index contributed by atoms with van der Waals surface area (Å²) >= 11 is 6.13. The van der Waals surface area contributed by atoms with Crippen LogP contribution in [0.15, 0.2) is 91.3 Å². The Kier molecular flexibility index (Phi) is 12.2. The molecule has 17 heteroatoms. The minimum absolute atomic E-state index is 0.00823. The van der Waals surface area contributed by atoms with Crippen LogP contribution in [0.4, 0.5) is 23.0 Å². The van der Waals surface area contributed by atoms with Crippen molar-refractivity contribution in [3.8, 4) is 6.07 Å². The first kappa shape index (κ1) is 43.5. The van der Waals surface area contributed by atoms with Crippen LogP contribution in [0.2, 0.25) is 5.02 Å². The van der Waals surface area contributed by atoms with Crippen LogP contribution in [-0.2, 0) is 11.1 Å². The number of anilines is 4. The van der Waals surface area contributed by atoms with E-state index in [4.69, 9.17) is 27.5 Å². The number of fused-ring (bicyclic) bond motifs is 1. The molecule has 4 amide bonds. The molecule has 3 aromatic carbocycles. The number of carbonyl (C=O) groups excluding carboxylic acids is 4. The van der Waals surface area contributed by atoms with Crippen LogP contribution in [0.1, 0.15) is 101 Å². The summed E-state index contributed by atoms with van der Waals surface area (Å²) in [6, 6.07) is 25.8. The summed E-state index contributed by atoms with van der Waals surface area (Å²) < 4.78 is 3.54. The van der Waals surface area contributed by atoms with E-state index in [0.29, 0.717) is 90.9 Å². The van der Waals surface area contributed by atoms with E-state index in [0.717, 1.165) is 17.3 Å². The molecule has 3 aromatic heterocycles. The lowest BCUT2D eigenvalue weighted by molar-refractivity contribution is 0.0556. The van der Waals surface area contributed by atoms with Crippen molar-refractivity contribution in [3.63, 3.8) is 0 Å². The van der Waals surface area contributed by atoms with Crippen LogP contribution in [0.25, 0.3) is 10.9 Å². The largest absolute Gasteiger partial charge is 0.366 e. The van der Waals surface area contributed by atoms with Gasteiger partial charge < -0.3 is 36.5 Å². The van der Waals surface area contributed by atoms with Crippen molar-refractivity contribution in [2.24, 2.45) is 5.73 Å². The first-order valence-corrected chi connectivity index (χ1v) is 21.9. The molecule has 330 valence electrons. The Bertz CT molecular complexity index is 2720. The number of benzene rings is 3. The van der Waals surface area contributed by atoms with Crippen LogP contribution < -0.4 is 21.7 Å². The second-order valence-electron chi connectivity index (χ2n) is 17.0. The molecule has 0 saturated carbocycles. The van der Waals surface area contributed by atoms with Gasteiger partial charge in [-0.2, -0.15) is 15.5 Å². The number of para-hydroxylation sites is 1. The minimum Gasteiger partial charge on any atom is -0.366 e. The highest BCUT2D eigenvalue weighted by Crippen LogP contribution is 2.37. The SMILES string of the molecule is CCC1(n2cc(C(=O)Nc3ccc(Nc4nn(C5(CC#N)CCN(C(=O)c6cccc(Cl)c6)CC5)cc4C(N)=O)cc3)c(NC(C)C)n2)CCN(C(=O)c2cc3ccccc3[nH]2)CC1. The number of aromatic amines is 1. The van der Waals surface area contributed by atoms with E-state index < -0.39 is 17.0 Å². The monoisotopic (exact) mass is 882 g/mol. The Morgan fingerprint density at radius 1 is 0.812 bits per heavy atom. The molecule has 6 aromatic rings. The second-order valence-corrected chi connectivity index (χ2v) is 17.4. The number of likely N-dealkylation sites (tertiary alicyclic amines) is 2. The number of carbonyl (C=O) groups is 4. The fraction of sp³-hybridized carbons (Fsp3) is 0.340. The number of nitrogens with two attached hydrogens (primary N) is 1. The van der Waals surface area contributed by atoms with Gasteiger partial charge in [-0.1, -0.05) is 42.8 Å². The number of amides is 4. The summed E-state index contributed by atoms with van der Waals surface area (Å²) in [5.74, 6) is -0.532. The highest BCUT2D eigenvalue weighted by Gasteiger charge is 2.41. The molecular weight excluding hydrogens is 832 g/mol. The topological polar surface area (TPSA) is 212 Å². The van der Waals surface area contributed by atoms with Crippen molar-refractivity contribution in [3.05, 3.63) is 119 Å². The summed E-state index contributed by atoms with van der Waals surface area (Å²) in [7, 11) is 0. The summed E-state index contributed by atoms with van der Waals surface area (Å²) in [6.07, 6.45) is 6.44. The molecule has 2 aliphatic heterocycles. The molecule has 6 N–H and O–H groups in total. The molecule has 2 aliphatic rings. The summed E-state index contributed by atoms with van der Waals surface area (Å²) in [4.78, 5) is 60.3. The maximum atomic E-state index is 14.0. The van der Waals surface area contributed by atoms with Crippen LogP contribution >= 0.6 is 11.6 Å². The molecule has 0 atom stereocenters. The summed E-state index contributed by atoms with van der Waals surface area (Å²) in [6.45, 7) is 7.93. The minimum atomic E-state index is -0.777. The van der Waals surface area contributed by atoms with Gasteiger partial charge in [-0.25, -0.2) is 0 Å². The molecule has 2 saturated heterocycles. The third kappa shape index (κ3) is 8.76. The molecule has 8 rings (SSSR count). The Hall–Kier alpha value is -7.12. The molecule has 2 fully saturated rings. The molecule has 0 aliphatic carbocycles. The van der Waals surface area contributed by atoms with Gasteiger partial charge in [0.15, 0.2) is 11.6 Å². The van der Waals surface area contributed by atoms with E-state index in [2.05, 4.69) is 33.9 Å². The van der Waals surface area contributed by atoms with Crippen molar-refractivity contribution in [1.29, 1.82) is 5.26 Å². The zero-order valence-electron chi connectivity index (χ0n) is 36.0. The lowest BCUT2D eigenvalue weighted by Crippen LogP contribution is -2.48. The number of hydrogen-bond donors (Lipinski definition) is 5. The number of nitrogens with zero attached hydrogens (tertiary/aromatic N) is 7. The smallest absolute Gasteiger partial charge is 0.270 e. The van der Waals surface area contributed by atoms with Gasteiger partial charge in [0.25, 0.3) is 23.6 Å². The van der Waals surface area contributed by atoms with Gasteiger partial charge in [-0.3, -0.25) is 28.5 Å². The predicted octanol–water partition coefficient (Wildman–Crippen LogP) is 7.72. The number of hydrogen-bond acceptors (Lipinski definition) is 9. The van der Waals surface area contributed by atoms with Crippen molar-refractivity contribution in [2.75, 3.05) is 42.1 Å². The average Bonchev–Trinajstić information content (AvgIpc) is 4.05. The predicted molar refractivity (Wildman–Crippen MR) is 246 cm³/mol. The van der Waals surface area contributed by atoms with Gasteiger partial charge in [0.1, 0.15) is 16.8 Å². The highest BCUT2D eigenvalue weighted by molar-refractivity contribution is 6.31. The third-order valence-electron chi connectivity index (χ3n) is 12.6. The Morgan fingerprint density at radius 3 is 2.08 bits per heavy atom. The van der Waals surface area contributed by atoms with Crippen molar-refractivity contribution >= 4 is 69.1 Å². The number of halogens is 1. The summed E-state index contributed by atoms with van der Waals surface area (Å²) in [5, 5.41) is 30.6. The quantitative estimate of drug-likeness (QED) is 0.0767. The van der Waals surface area contributed by atoms with Crippen molar-refractivity contribution in [2.45, 2.75) is 76.4 Å². The lowest BCUT2D eigenvalue weighted by Gasteiger charge is -2.41. The van der Waals surface area contributed by atoms with Crippen LogP contribution in [0.3, 0.4) is 0 Å². The molecule has 0 spiro atoms. The number of H-pyrrole nitrogens is 1. The molecule has 64 heavy (non-hydrogen) atoms. The second kappa shape index (κ2) is 17.9. The van der Waals surface area contributed by atoms with Crippen molar-refractivity contribution in [1.82, 2.24) is 34.3 Å². The van der Waals surface area contributed by atoms with E-state index >= 15 is 0 Å². The van der Waals surface area contributed by atoms with Gasteiger partial charge in [-0.05, 0) is 101 Å². The first-order valence-electron chi connectivity index (χ1n) is 21.5. The summed E-state index contributed by atoms with van der Waals surface area (Å²) in [5.41, 5.74) is 8.28. The Balaban J connectivity index is 0.943. The van der Waals surface area contributed by atoms with Gasteiger partial charge in [0, 0.05) is 77.5 Å². The van der Waals surface area contributed by atoms with Gasteiger partial charge in [0.2, 0.25) is 0 Å². The number of piperidine rings is 2. The fourth-order valence-corrected chi connectivity index (χ4v) is 9.01. The fourth-order valence-electron chi connectivity index (χ4n) is 8.82. The van der Waals surface area contributed by atoms with E-state index in [1.54, 1.807) is 70.5 Å². The third-order valence-corrected chi connectivity index (χ3v) is 12.8. The van der Waals surface area contributed by atoms with Gasteiger partial charge in [0.05, 0.1) is 23.6 Å². The number of nitriles is 1. The maximum Gasteiger partial charge on any atom is 0.270 e. The molecule has 16 nitrogen and oxygen atoms in total. The first-order chi connectivity index (χ1) is 30.8. The van der Waals surface area contributed by atoms with E-state index in [9.17, 15) is 24.4 Å². The van der Waals surface area contributed by atoms with Crippen LogP contribution in [0, 0.1) is 11.3 Å². The van der Waals surface area contributed by atoms with Gasteiger partial charge >= 0.3 is 0 Å². The molecule has 0 bridgehead atoms. The molecular formula is C47H51ClN12O4. The van der Waals surface area contributed by atoms with Crippen molar-refractivity contribution < 1.29 is 19.2 Å². The average molecular weight is 883 g/mol. The molecule has 5 heterocycles. The van der Waals surface area contributed by atoms with E-state index in [1.165, 1.54) is 0 Å². The standard InChI is InChI=1S/C47H51ClN12O4/c1-4-46(17-22-58(23-18-46)45(64)39-27-31-8-5-6-11-38(31)54-39)59-29-37(42(56-59)51-30(2)3)43(62)53-35-14-12-34(13-15-35)52-41-36(40(50)61)28-60(55-41)47(16-21-49)19-24-57(25-20-47)44(63)32-9-7-10-33(48)26-32/h5-15,26-30,54H,4,16-20,22-25H2,1-3H3,(H2,50,61)(H,51,56)(H,52,55)(H,53,62). The van der Waals surface area contributed by atoms with Crippen LogP contribution in [0.5, 0.6) is 0 Å². The zero-order chi connectivity index (χ0) is 45.2. The van der Waals surface area contributed by atoms with Crippen LogP contribution in [-0.4, -0.2) is 90.2 Å².